The number of para-hydroxylation sites is 1. The third-order valence-corrected chi connectivity index (χ3v) is 4.07. The maximum Gasteiger partial charge on any atom is 0.131 e. The third-order valence-electron chi connectivity index (χ3n) is 4.07. The summed E-state index contributed by atoms with van der Waals surface area (Å²) in [6.45, 7) is 7.07. The molecule has 4 heteroatoms. The lowest BCUT2D eigenvalue weighted by atomic mass is 9.97. The molecule has 2 N–H and O–H groups in total. The fourth-order valence-electron chi connectivity index (χ4n) is 2.83. The van der Waals surface area contributed by atoms with Crippen LogP contribution in [-0.2, 0) is 0 Å². The van der Waals surface area contributed by atoms with E-state index in [1.54, 1.807) is 0 Å². The highest BCUT2D eigenvalue weighted by molar-refractivity contribution is 5.87. The molecule has 0 bridgehead atoms. The fraction of sp³-hybridized carbons (Fsp3) is 0.611. The number of hydrogen-bond donors (Lipinski definition) is 2. The SMILES string of the molecule is CC(C)(C)NC/C(COc1ccccc1C1CCCC1)=N\O. The Labute approximate surface area is 133 Å². The Hall–Kier alpha value is -1.55. The van der Waals surface area contributed by atoms with E-state index in [1.807, 2.05) is 12.1 Å². The van der Waals surface area contributed by atoms with Crippen molar-refractivity contribution in [2.45, 2.75) is 57.9 Å². The smallest absolute Gasteiger partial charge is 0.131 e. The lowest BCUT2D eigenvalue weighted by Gasteiger charge is -2.21. The Balaban J connectivity index is 1.95. The van der Waals surface area contributed by atoms with E-state index < -0.39 is 0 Å². The topological polar surface area (TPSA) is 53.8 Å². The number of ether oxygens (including phenoxy) is 1. The van der Waals surface area contributed by atoms with Gasteiger partial charge in [0.05, 0.1) is 0 Å². The molecule has 0 amide bonds. The van der Waals surface area contributed by atoms with Crippen LogP contribution in [0.5, 0.6) is 5.75 Å². The highest BCUT2D eigenvalue weighted by atomic mass is 16.5. The van der Waals surface area contributed by atoms with E-state index in [-0.39, 0.29) is 5.54 Å². The lowest BCUT2D eigenvalue weighted by Crippen LogP contribution is -2.40. The van der Waals surface area contributed by atoms with Gasteiger partial charge in [-0.3, -0.25) is 0 Å². The van der Waals surface area contributed by atoms with Crippen LogP contribution in [-0.4, -0.2) is 29.6 Å². The van der Waals surface area contributed by atoms with Gasteiger partial charge in [-0.15, -0.1) is 0 Å². The number of oxime groups is 1. The van der Waals surface area contributed by atoms with E-state index in [9.17, 15) is 0 Å². The molecule has 0 atom stereocenters. The second-order valence-electron chi connectivity index (χ2n) is 7.08. The van der Waals surface area contributed by atoms with Gasteiger partial charge in [-0.1, -0.05) is 36.2 Å². The normalized spacial score (nSPS) is 17.0. The number of hydrogen-bond acceptors (Lipinski definition) is 4. The van der Waals surface area contributed by atoms with Crippen LogP contribution in [0.4, 0.5) is 0 Å². The zero-order valence-corrected chi connectivity index (χ0v) is 13.9. The van der Waals surface area contributed by atoms with Gasteiger partial charge in [0.2, 0.25) is 0 Å². The van der Waals surface area contributed by atoms with Crippen LogP contribution in [0.15, 0.2) is 29.4 Å². The van der Waals surface area contributed by atoms with Crippen LogP contribution >= 0.6 is 0 Å². The number of rotatable bonds is 6. The van der Waals surface area contributed by atoms with Crippen molar-refractivity contribution in [3.05, 3.63) is 29.8 Å². The molecule has 0 aliphatic heterocycles. The Morgan fingerprint density at radius 2 is 1.95 bits per heavy atom. The largest absolute Gasteiger partial charge is 0.487 e. The molecule has 1 aliphatic carbocycles. The van der Waals surface area contributed by atoms with Gasteiger partial charge in [0.15, 0.2) is 0 Å². The summed E-state index contributed by atoms with van der Waals surface area (Å²) in [7, 11) is 0. The maximum absolute atomic E-state index is 9.15. The number of nitrogens with one attached hydrogen (secondary N) is 1. The molecule has 0 aromatic heterocycles. The quantitative estimate of drug-likeness (QED) is 0.475. The van der Waals surface area contributed by atoms with Crippen LogP contribution in [0.25, 0.3) is 0 Å². The van der Waals surface area contributed by atoms with Crippen molar-refractivity contribution in [1.29, 1.82) is 0 Å². The molecule has 1 saturated carbocycles. The van der Waals surface area contributed by atoms with Crippen LogP contribution in [0, 0.1) is 0 Å². The average Bonchev–Trinajstić information content (AvgIpc) is 3.01. The van der Waals surface area contributed by atoms with E-state index in [0.717, 1.165) is 5.75 Å². The van der Waals surface area contributed by atoms with Crippen molar-refractivity contribution < 1.29 is 9.94 Å². The molecule has 0 saturated heterocycles. The lowest BCUT2D eigenvalue weighted by molar-refractivity contribution is 0.302. The molecule has 0 unspecified atom stereocenters. The van der Waals surface area contributed by atoms with Gasteiger partial charge in [0, 0.05) is 12.1 Å². The Morgan fingerprint density at radius 1 is 1.27 bits per heavy atom. The molecule has 4 nitrogen and oxygen atoms in total. The Morgan fingerprint density at radius 3 is 2.59 bits per heavy atom. The highest BCUT2D eigenvalue weighted by Gasteiger charge is 2.20. The molecule has 2 rings (SSSR count). The minimum atomic E-state index is -0.0162. The van der Waals surface area contributed by atoms with Crippen molar-refractivity contribution in [3.8, 4) is 5.75 Å². The van der Waals surface area contributed by atoms with E-state index >= 15 is 0 Å². The van der Waals surface area contributed by atoms with Gasteiger partial charge in [0.1, 0.15) is 18.1 Å². The first kappa shape index (κ1) is 16.8. The first-order valence-electron chi connectivity index (χ1n) is 8.16. The highest BCUT2D eigenvalue weighted by Crippen LogP contribution is 2.38. The van der Waals surface area contributed by atoms with E-state index in [0.29, 0.717) is 24.8 Å². The van der Waals surface area contributed by atoms with Crippen LogP contribution < -0.4 is 10.1 Å². The van der Waals surface area contributed by atoms with Gasteiger partial charge >= 0.3 is 0 Å². The van der Waals surface area contributed by atoms with Crippen molar-refractivity contribution in [1.82, 2.24) is 5.32 Å². The summed E-state index contributed by atoms with van der Waals surface area (Å²) >= 11 is 0. The molecule has 0 radical (unpaired) electrons. The van der Waals surface area contributed by atoms with Crippen LogP contribution in [0.2, 0.25) is 0 Å². The van der Waals surface area contributed by atoms with E-state index in [1.165, 1.54) is 31.2 Å². The summed E-state index contributed by atoms with van der Waals surface area (Å²) in [6, 6.07) is 8.24. The minimum Gasteiger partial charge on any atom is -0.487 e. The summed E-state index contributed by atoms with van der Waals surface area (Å²) in [4.78, 5) is 0. The maximum atomic E-state index is 9.15. The fourth-order valence-corrected chi connectivity index (χ4v) is 2.83. The minimum absolute atomic E-state index is 0.0162. The Bertz CT molecular complexity index is 500. The molecular weight excluding hydrogens is 276 g/mol. The van der Waals surface area contributed by atoms with Crippen LogP contribution in [0.3, 0.4) is 0 Å². The standard InChI is InChI=1S/C18H28N2O2/c1-18(2,3)19-12-15(20-21)13-22-17-11-7-6-10-16(17)14-8-4-5-9-14/h6-7,10-11,14,19,21H,4-5,8-9,12-13H2,1-3H3/b20-15+. The molecule has 0 heterocycles. The van der Waals surface area contributed by atoms with Crippen molar-refractivity contribution in [2.75, 3.05) is 13.2 Å². The monoisotopic (exact) mass is 304 g/mol. The molecule has 122 valence electrons. The third kappa shape index (κ3) is 5.02. The van der Waals surface area contributed by atoms with Gasteiger partial charge in [-0.25, -0.2) is 0 Å². The molecule has 22 heavy (non-hydrogen) atoms. The molecular formula is C18H28N2O2. The summed E-state index contributed by atoms with van der Waals surface area (Å²) in [6.07, 6.45) is 5.09. The van der Waals surface area contributed by atoms with Crippen LogP contribution in [0.1, 0.15) is 57.9 Å². The van der Waals surface area contributed by atoms with Gasteiger partial charge in [0.25, 0.3) is 0 Å². The van der Waals surface area contributed by atoms with E-state index in [4.69, 9.17) is 9.94 Å². The predicted molar refractivity (Wildman–Crippen MR) is 90.1 cm³/mol. The Kier molecular flexibility index (Phi) is 5.83. The second kappa shape index (κ2) is 7.63. The zero-order valence-electron chi connectivity index (χ0n) is 13.9. The molecule has 0 spiro atoms. The van der Waals surface area contributed by atoms with Crippen molar-refractivity contribution in [3.63, 3.8) is 0 Å². The second-order valence-corrected chi connectivity index (χ2v) is 7.08. The first-order valence-corrected chi connectivity index (χ1v) is 8.16. The summed E-state index contributed by atoms with van der Waals surface area (Å²) in [5.41, 5.74) is 1.88. The van der Waals surface area contributed by atoms with Crippen molar-refractivity contribution >= 4 is 5.71 Å². The molecule has 1 aromatic carbocycles. The molecule has 1 fully saturated rings. The van der Waals surface area contributed by atoms with Gasteiger partial charge in [-0.2, -0.15) is 0 Å². The summed E-state index contributed by atoms with van der Waals surface area (Å²) in [5, 5.41) is 15.8. The first-order chi connectivity index (χ1) is 10.5. The number of nitrogens with zero attached hydrogens (tertiary/aromatic N) is 1. The molecule has 1 aromatic rings. The summed E-state index contributed by atoms with van der Waals surface area (Å²) in [5.74, 6) is 1.53. The summed E-state index contributed by atoms with van der Waals surface area (Å²) < 4.78 is 5.94. The van der Waals surface area contributed by atoms with Gasteiger partial charge < -0.3 is 15.3 Å². The predicted octanol–water partition coefficient (Wildman–Crippen LogP) is 3.94. The average molecular weight is 304 g/mol. The number of benzene rings is 1. The zero-order chi connectivity index (χ0) is 16.0. The van der Waals surface area contributed by atoms with Gasteiger partial charge in [-0.05, 0) is 51.2 Å². The van der Waals surface area contributed by atoms with Crippen molar-refractivity contribution in [2.24, 2.45) is 5.16 Å². The van der Waals surface area contributed by atoms with E-state index in [2.05, 4.69) is 43.4 Å². The molecule has 1 aliphatic rings.